The van der Waals surface area contributed by atoms with Crippen LogP contribution in [0.2, 0.25) is 0 Å². The van der Waals surface area contributed by atoms with Crippen LogP contribution in [0.25, 0.3) is 98.8 Å². The van der Waals surface area contributed by atoms with Crippen molar-refractivity contribution in [1.82, 2.24) is 9.13 Å². The number of aromatic nitrogens is 2. The highest BCUT2D eigenvalue weighted by Gasteiger charge is 2.17. The molecule has 0 amide bonds. The fourth-order valence-corrected chi connectivity index (χ4v) is 8.44. The molecule has 0 aliphatic heterocycles. The zero-order valence-corrected chi connectivity index (χ0v) is 28.4. The van der Waals surface area contributed by atoms with Gasteiger partial charge in [-0.2, -0.15) is 0 Å². The summed E-state index contributed by atoms with van der Waals surface area (Å²) in [5, 5.41) is 10.1. The van der Waals surface area contributed by atoms with E-state index in [9.17, 15) is 0 Å². The van der Waals surface area contributed by atoms with Gasteiger partial charge in [0.25, 0.3) is 0 Å². The van der Waals surface area contributed by atoms with Gasteiger partial charge in [-0.3, -0.25) is 0 Å². The molecule has 242 valence electrons. The number of fused-ring (bicyclic) bond motifs is 9. The van der Waals surface area contributed by atoms with Crippen LogP contribution in [0.1, 0.15) is 0 Å². The Morgan fingerprint density at radius 2 is 0.635 bits per heavy atom. The maximum atomic E-state index is 2.40. The average molecular weight is 661 g/mol. The second kappa shape index (κ2) is 11.3. The first-order valence-corrected chi connectivity index (χ1v) is 17.9. The van der Waals surface area contributed by atoms with Gasteiger partial charge in [-0.25, -0.2) is 0 Å². The Kier molecular flexibility index (Phi) is 6.28. The number of hydrogen-bond acceptors (Lipinski definition) is 0. The summed E-state index contributed by atoms with van der Waals surface area (Å²) in [6, 6.07) is 71.0. The van der Waals surface area contributed by atoms with Crippen LogP contribution in [0.4, 0.5) is 0 Å². The third-order valence-corrected chi connectivity index (χ3v) is 10.9. The second-order valence-electron chi connectivity index (χ2n) is 13.8. The van der Waals surface area contributed by atoms with E-state index in [2.05, 4.69) is 203 Å². The molecule has 11 rings (SSSR count). The van der Waals surface area contributed by atoms with E-state index in [4.69, 9.17) is 0 Å². The van der Waals surface area contributed by atoms with Crippen LogP contribution < -0.4 is 0 Å². The van der Waals surface area contributed by atoms with Crippen molar-refractivity contribution in [3.63, 3.8) is 0 Å². The van der Waals surface area contributed by atoms with Gasteiger partial charge in [0.1, 0.15) is 0 Å². The van der Waals surface area contributed by atoms with Crippen LogP contribution >= 0.6 is 0 Å². The lowest BCUT2D eigenvalue weighted by molar-refractivity contribution is 1.18. The van der Waals surface area contributed by atoms with Crippen LogP contribution in [-0.2, 0) is 0 Å². The van der Waals surface area contributed by atoms with E-state index in [-0.39, 0.29) is 0 Å². The van der Waals surface area contributed by atoms with Crippen LogP contribution in [0.15, 0.2) is 194 Å². The van der Waals surface area contributed by atoms with Crippen molar-refractivity contribution in [3.8, 4) is 33.6 Å². The van der Waals surface area contributed by atoms with Gasteiger partial charge in [-0.1, -0.05) is 121 Å². The van der Waals surface area contributed by atoms with E-state index in [1.165, 1.54) is 93.1 Å². The molecule has 0 aliphatic carbocycles. The summed E-state index contributed by atoms with van der Waals surface area (Å²) < 4.78 is 4.78. The molecular formula is C50H32N2. The minimum absolute atomic E-state index is 1.16. The molecule has 2 nitrogen and oxygen atoms in total. The summed E-state index contributed by atoms with van der Waals surface area (Å²) in [6.45, 7) is 0. The SMILES string of the molecule is c1ccc(-n2c3ccccc3c3cc(-c4ccc5c(c4)c4cc(-c6ccc7c(ccc8ccccc87)c6)ccc4n5-c4ccccc4)ccc32)cc1. The first-order valence-electron chi connectivity index (χ1n) is 17.9. The maximum absolute atomic E-state index is 2.40. The van der Waals surface area contributed by atoms with Crippen molar-refractivity contribution in [3.05, 3.63) is 194 Å². The number of benzene rings is 9. The Morgan fingerprint density at radius 1 is 0.231 bits per heavy atom. The molecular weight excluding hydrogens is 629 g/mol. The van der Waals surface area contributed by atoms with Gasteiger partial charge < -0.3 is 9.13 Å². The molecule has 0 fully saturated rings. The molecule has 0 saturated carbocycles. The summed E-state index contributed by atoms with van der Waals surface area (Å²) in [4.78, 5) is 0. The minimum atomic E-state index is 1.16. The van der Waals surface area contributed by atoms with Crippen molar-refractivity contribution in [2.45, 2.75) is 0 Å². The molecule has 0 radical (unpaired) electrons. The summed E-state index contributed by atoms with van der Waals surface area (Å²) in [5.74, 6) is 0. The van der Waals surface area contributed by atoms with Crippen molar-refractivity contribution in [1.29, 1.82) is 0 Å². The molecule has 0 bridgehead atoms. The molecule has 2 aromatic heterocycles. The standard InChI is InChI=1S/C50H32N2/c1-3-12-39(13-4-1)51-47-18-10-9-17-43(47)44-30-36(23-26-48(44)51)37-24-28-50-46(32-37)45-31-35(22-27-49(45)52(50)40-14-5-2-6-15-40)34-21-25-42-38(29-34)20-19-33-11-7-8-16-41(33)42/h1-32H. The van der Waals surface area contributed by atoms with Crippen molar-refractivity contribution < 1.29 is 0 Å². The molecule has 2 heterocycles. The van der Waals surface area contributed by atoms with Gasteiger partial charge in [0.2, 0.25) is 0 Å². The number of rotatable bonds is 4. The minimum Gasteiger partial charge on any atom is -0.309 e. The predicted octanol–water partition coefficient (Wildman–Crippen LogP) is 13.5. The lowest BCUT2D eigenvalue weighted by Crippen LogP contribution is -1.93. The summed E-state index contributed by atoms with van der Waals surface area (Å²) >= 11 is 0. The van der Waals surface area contributed by atoms with E-state index in [1.807, 2.05) is 0 Å². The third-order valence-electron chi connectivity index (χ3n) is 10.9. The highest BCUT2D eigenvalue weighted by Crippen LogP contribution is 2.40. The zero-order chi connectivity index (χ0) is 34.2. The van der Waals surface area contributed by atoms with E-state index in [0.717, 1.165) is 5.69 Å². The molecule has 0 atom stereocenters. The van der Waals surface area contributed by atoms with Crippen LogP contribution in [0.5, 0.6) is 0 Å². The first kappa shape index (κ1) is 28.9. The molecule has 52 heavy (non-hydrogen) atoms. The largest absolute Gasteiger partial charge is 0.309 e. The molecule has 11 aromatic rings. The normalized spacial score (nSPS) is 11.8. The maximum Gasteiger partial charge on any atom is 0.0541 e. The topological polar surface area (TPSA) is 9.86 Å². The number of para-hydroxylation sites is 3. The Hall–Kier alpha value is -6.90. The predicted molar refractivity (Wildman–Crippen MR) is 221 cm³/mol. The third kappa shape index (κ3) is 4.38. The van der Waals surface area contributed by atoms with Crippen molar-refractivity contribution in [2.24, 2.45) is 0 Å². The number of nitrogens with zero attached hydrogens (tertiary/aromatic N) is 2. The molecule has 0 aliphatic rings. The smallest absolute Gasteiger partial charge is 0.0541 e. The van der Waals surface area contributed by atoms with Gasteiger partial charge in [0.15, 0.2) is 0 Å². The Labute approximate surface area is 301 Å². The highest BCUT2D eigenvalue weighted by atomic mass is 15.0. The molecule has 0 unspecified atom stereocenters. The fraction of sp³-hybridized carbons (Fsp3) is 0. The highest BCUT2D eigenvalue weighted by molar-refractivity contribution is 6.14. The second-order valence-corrected chi connectivity index (χ2v) is 13.8. The van der Waals surface area contributed by atoms with Gasteiger partial charge >= 0.3 is 0 Å². The molecule has 0 saturated heterocycles. The molecule has 0 N–H and O–H groups in total. The van der Waals surface area contributed by atoms with Crippen LogP contribution in [0.3, 0.4) is 0 Å². The fourth-order valence-electron chi connectivity index (χ4n) is 8.44. The summed E-state index contributed by atoms with van der Waals surface area (Å²) in [6.07, 6.45) is 0. The molecule has 9 aromatic carbocycles. The molecule has 2 heteroatoms. The van der Waals surface area contributed by atoms with E-state index in [0.29, 0.717) is 0 Å². The quantitative estimate of drug-likeness (QED) is 0.166. The van der Waals surface area contributed by atoms with E-state index in [1.54, 1.807) is 0 Å². The lowest BCUT2D eigenvalue weighted by atomic mass is 9.96. The monoisotopic (exact) mass is 660 g/mol. The average Bonchev–Trinajstić information content (AvgIpc) is 3.73. The van der Waals surface area contributed by atoms with Crippen LogP contribution in [-0.4, -0.2) is 9.13 Å². The molecule has 0 spiro atoms. The number of hydrogen-bond donors (Lipinski definition) is 0. The van der Waals surface area contributed by atoms with Crippen molar-refractivity contribution in [2.75, 3.05) is 0 Å². The van der Waals surface area contributed by atoms with E-state index < -0.39 is 0 Å². The van der Waals surface area contributed by atoms with Gasteiger partial charge in [-0.15, -0.1) is 0 Å². The van der Waals surface area contributed by atoms with Gasteiger partial charge in [-0.05, 0) is 117 Å². The van der Waals surface area contributed by atoms with Gasteiger partial charge in [0, 0.05) is 32.9 Å². The lowest BCUT2D eigenvalue weighted by Gasteiger charge is -2.09. The Bertz CT molecular complexity index is 3160. The van der Waals surface area contributed by atoms with Crippen LogP contribution in [0, 0.1) is 0 Å². The van der Waals surface area contributed by atoms with Gasteiger partial charge in [0.05, 0.1) is 22.1 Å². The zero-order valence-electron chi connectivity index (χ0n) is 28.4. The Balaban J connectivity index is 1.11. The summed E-state index contributed by atoms with van der Waals surface area (Å²) in [7, 11) is 0. The van der Waals surface area contributed by atoms with E-state index >= 15 is 0 Å². The Morgan fingerprint density at radius 3 is 1.23 bits per heavy atom. The first-order chi connectivity index (χ1) is 25.8. The summed E-state index contributed by atoms with van der Waals surface area (Å²) in [5.41, 5.74) is 12.0. The van der Waals surface area contributed by atoms with Crippen molar-refractivity contribution >= 4 is 65.2 Å².